The maximum absolute atomic E-state index is 11.4. The maximum atomic E-state index is 11.4. The lowest BCUT2D eigenvalue weighted by Crippen LogP contribution is -2.47. The molecule has 1 aromatic carbocycles. The van der Waals surface area contributed by atoms with Gasteiger partial charge < -0.3 is 5.32 Å². The van der Waals surface area contributed by atoms with Crippen LogP contribution in [0.2, 0.25) is 0 Å². The van der Waals surface area contributed by atoms with E-state index in [4.69, 9.17) is 0 Å². The van der Waals surface area contributed by atoms with Crippen LogP contribution >= 0.6 is 0 Å². The summed E-state index contributed by atoms with van der Waals surface area (Å²) in [7, 11) is -3.24. The van der Waals surface area contributed by atoms with E-state index >= 15 is 0 Å². The molecular weight excluding hydrogens is 286 g/mol. The summed E-state index contributed by atoms with van der Waals surface area (Å²) in [6.45, 7) is 6.19. The Morgan fingerprint density at radius 1 is 1.24 bits per heavy atom. The van der Waals surface area contributed by atoms with Crippen molar-refractivity contribution in [2.75, 3.05) is 18.1 Å². The van der Waals surface area contributed by atoms with Gasteiger partial charge in [-0.3, -0.25) is 4.98 Å². The predicted octanol–water partition coefficient (Wildman–Crippen LogP) is 2.28. The standard InChI is InChI=1S/C15H21N3O2S/c1-11-6-5-7-12-13(8-9-16-14(11)12)17-10-15(2,3)18-21(4,19)20/h5-9,18H,10H2,1-4H3,(H,16,17). The summed E-state index contributed by atoms with van der Waals surface area (Å²) in [6.07, 6.45) is 2.93. The third-order valence-electron chi connectivity index (χ3n) is 3.16. The molecule has 114 valence electrons. The summed E-state index contributed by atoms with van der Waals surface area (Å²) in [4.78, 5) is 4.39. The lowest BCUT2D eigenvalue weighted by molar-refractivity contribution is 0.476. The average molecular weight is 307 g/mol. The number of sulfonamides is 1. The van der Waals surface area contributed by atoms with Crippen molar-refractivity contribution in [2.24, 2.45) is 0 Å². The van der Waals surface area contributed by atoms with E-state index in [2.05, 4.69) is 15.0 Å². The highest BCUT2D eigenvalue weighted by atomic mass is 32.2. The van der Waals surface area contributed by atoms with Crippen molar-refractivity contribution in [3.8, 4) is 0 Å². The fraction of sp³-hybridized carbons (Fsp3) is 0.400. The molecule has 0 spiro atoms. The van der Waals surface area contributed by atoms with E-state index in [1.807, 2.05) is 45.0 Å². The van der Waals surface area contributed by atoms with Crippen molar-refractivity contribution in [3.05, 3.63) is 36.0 Å². The smallest absolute Gasteiger partial charge is 0.209 e. The highest BCUT2D eigenvalue weighted by Gasteiger charge is 2.22. The zero-order chi connectivity index (χ0) is 15.7. The van der Waals surface area contributed by atoms with Gasteiger partial charge in [0.1, 0.15) is 0 Å². The quantitative estimate of drug-likeness (QED) is 0.889. The molecule has 0 unspecified atom stereocenters. The molecule has 0 aliphatic rings. The van der Waals surface area contributed by atoms with Gasteiger partial charge in [0.15, 0.2) is 0 Å². The lowest BCUT2D eigenvalue weighted by Gasteiger charge is -2.26. The topological polar surface area (TPSA) is 71.1 Å². The molecule has 6 heteroatoms. The van der Waals surface area contributed by atoms with E-state index in [1.165, 1.54) is 6.26 Å². The van der Waals surface area contributed by atoms with Gasteiger partial charge >= 0.3 is 0 Å². The first kappa shape index (κ1) is 15.7. The second-order valence-electron chi connectivity index (χ2n) is 5.94. The fourth-order valence-electron chi connectivity index (χ4n) is 2.33. The summed E-state index contributed by atoms with van der Waals surface area (Å²) in [5.41, 5.74) is 2.45. The van der Waals surface area contributed by atoms with E-state index in [1.54, 1.807) is 6.20 Å². The first-order valence-electron chi connectivity index (χ1n) is 6.75. The average Bonchev–Trinajstić information content (AvgIpc) is 2.34. The maximum Gasteiger partial charge on any atom is 0.209 e. The second kappa shape index (κ2) is 5.61. The van der Waals surface area contributed by atoms with Crippen LogP contribution in [0.5, 0.6) is 0 Å². The van der Waals surface area contributed by atoms with Gasteiger partial charge in [0.05, 0.1) is 11.8 Å². The SMILES string of the molecule is Cc1cccc2c(NCC(C)(C)NS(C)(=O)=O)ccnc12. The van der Waals surface area contributed by atoms with Crippen LogP contribution in [-0.4, -0.2) is 31.7 Å². The van der Waals surface area contributed by atoms with Crippen molar-refractivity contribution in [3.63, 3.8) is 0 Å². The van der Waals surface area contributed by atoms with E-state index in [9.17, 15) is 8.42 Å². The Morgan fingerprint density at radius 2 is 1.95 bits per heavy atom. The van der Waals surface area contributed by atoms with E-state index in [0.717, 1.165) is 22.2 Å². The molecule has 0 radical (unpaired) electrons. The number of para-hydroxylation sites is 1. The van der Waals surface area contributed by atoms with Gasteiger partial charge in [-0.2, -0.15) is 0 Å². The number of aromatic nitrogens is 1. The van der Waals surface area contributed by atoms with Crippen LogP contribution in [0, 0.1) is 6.92 Å². The Bertz CT molecular complexity index is 755. The summed E-state index contributed by atoms with van der Waals surface area (Å²) in [5, 5.41) is 4.35. The number of hydrogen-bond donors (Lipinski definition) is 2. The van der Waals surface area contributed by atoms with Gasteiger partial charge in [-0.05, 0) is 32.4 Å². The summed E-state index contributed by atoms with van der Waals surface area (Å²) < 4.78 is 25.4. The van der Waals surface area contributed by atoms with Crippen LogP contribution in [0.4, 0.5) is 5.69 Å². The van der Waals surface area contributed by atoms with Crippen molar-refractivity contribution >= 4 is 26.6 Å². The lowest BCUT2D eigenvalue weighted by atomic mass is 10.1. The Morgan fingerprint density at radius 3 is 2.62 bits per heavy atom. The second-order valence-corrected chi connectivity index (χ2v) is 7.69. The van der Waals surface area contributed by atoms with Crippen LogP contribution in [0.25, 0.3) is 10.9 Å². The van der Waals surface area contributed by atoms with E-state index in [-0.39, 0.29) is 0 Å². The van der Waals surface area contributed by atoms with Crippen LogP contribution in [0.15, 0.2) is 30.5 Å². The Labute approximate surface area is 125 Å². The third kappa shape index (κ3) is 4.15. The largest absolute Gasteiger partial charge is 0.383 e. The van der Waals surface area contributed by atoms with Crippen LogP contribution < -0.4 is 10.0 Å². The van der Waals surface area contributed by atoms with Crippen molar-refractivity contribution in [1.29, 1.82) is 0 Å². The first-order chi connectivity index (χ1) is 9.68. The number of hydrogen-bond acceptors (Lipinski definition) is 4. The molecule has 0 amide bonds. The van der Waals surface area contributed by atoms with Crippen LogP contribution in [0.1, 0.15) is 19.4 Å². The number of aryl methyl sites for hydroxylation is 1. The number of fused-ring (bicyclic) bond motifs is 1. The van der Waals surface area contributed by atoms with E-state index < -0.39 is 15.6 Å². The number of benzene rings is 1. The molecule has 21 heavy (non-hydrogen) atoms. The summed E-state index contributed by atoms with van der Waals surface area (Å²) in [5.74, 6) is 0. The van der Waals surface area contributed by atoms with Gasteiger partial charge in [0.2, 0.25) is 10.0 Å². The molecule has 1 aromatic heterocycles. The Balaban J connectivity index is 2.23. The molecule has 2 rings (SSSR count). The fourth-order valence-corrected chi connectivity index (χ4v) is 3.41. The van der Waals surface area contributed by atoms with Crippen molar-refractivity contribution in [1.82, 2.24) is 9.71 Å². The van der Waals surface area contributed by atoms with Crippen molar-refractivity contribution < 1.29 is 8.42 Å². The number of nitrogens with zero attached hydrogens (tertiary/aromatic N) is 1. The molecule has 0 saturated heterocycles. The summed E-state index contributed by atoms with van der Waals surface area (Å²) >= 11 is 0. The first-order valence-corrected chi connectivity index (χ1v) is 8.64. The minimum atomic E-state index is -3.24. The highest BCUT2D eigenvalue weighted by Crippen LogP contribution is 2.24. The normalized spacial score (nSPS) is 12.6. The van der Waals surface area contributed by atoms with Crippen LogP contribution in [0.3, 0.4) is 0 Å². The van der Waals surface area contributed by atoms with Gasteiger partial charge in [0, 0.05) is 29.4 Å². The molecule has 0 saturated carbocycles. The molecule has 0 fully saturated rings. The predicted molar refractivity (Wildman–Crippen MR) is 87.0 cm³/mol. The van der Waals surface area contributed by atoms with Gasteiger partial charge in [-0.25, -0.2) is 13.1 Å². The molecule has 0 aliphatic heterocycles. The Hall–Kier alpha value is -1.66. The van der Waals surface area contributed by atoms with Crippen LogP contribution in [-0.2, 0) is 10.0 Å². The van der Waals surface area contributed by atoms with Crippen molar-refractivity contribution in [2.45, 2.75) is 26.3 Å². The summed E-state index contributed by atoms with van der Waals surface area (Å²) in [6, 6.07) is 7.92. The van der Waals surface area contributed by atoms with Gasteiger partial charge in [-0.15, -0.1) is 0 Å². The minimum Gasteiger partial charge on any atom is -0.383 e. The van der Waals surface area contributed by atoms with E-state index in [0.29, 0.717) is 6.54 Å². The molecule has 2 N–H and O–H groups in total. The molecule has 0 atom stereocenters. The highest BCUT2D eigenvalue weighted by molar-refractivity contribution is 7.88. The monoisotopic (exact) mass is 307 g/mol. The molecule has 1 heterocycles. The zero-order valence-corrected chi connectivity index (χ0v) is 13.6. The van der Waals surface area contributed by atoms with Gasteiger partial charge in [-0.1, -0.05) is 18.2 Å². The number of rotatable bonds is 5. The zero-order valence-electron chi connectivity index (χ0n) is 12.8. The number of nitrogens with one attached hydrogen (secondary N) is 2. The molecule has 5 nitrogen and oxygen atoms in total. The molecular formula is C15H21N3O2S. The molecule has 2 aromatic rings. The van der Waals surface area contributed by atoms with Gasteiger partial charge in [0.25, 0.3) is 0 Å². The third-order valence-corrected chi connectivity index (χ3v) is 4.08. The Kier molecular flexibility index (Phi) is 4.20. The molecule has 0 bridgehead atoms. The number of pyridine rings is 1. The molecule has 0 aliphatic carbocycles. The number of anilines is 1. The minimum absolute atomic E-state index is 0.479.